The van der Waals surface area contributed by atoms with Crippen LogP contribution in [-0.4, -0.2) is 27.9 Å². The van der Waals surface area contributed by atoms with Crippen molar-refractivity contribution >= 4 is 6.29 Å². The van der Waals surface area contributed by atoms with Gasteiger partial charge in [0.1, 0.15) is 11.4 Å². The van der Waals surface area contributed by atoms with E-state index < -0.39 is 0 Å². The Hall–Kier alpha value is -2.17. The third-order valence-electron chi connectivity index (χ3n) is 2.84. The number of benzene rings is 1. The zero-order valence-electron chi connectivity index (χ0n) is 11.0. The number of carbonyl (C=O) groups is 1. The molecule has 1 aromatic heterocycles. The molecule has 0 saturated heterocycles. The van der Waals surface area contributed by atoms with Gasteiger partial charge in [0.15, 0.2) is 6.29 Å². The highest BCUT2D eigenvalue weighted by Gasteiger charge is 2.09. The highest BCUT2D eigenvalue weighted by atomic mass is 16.5. The lowest BCUT2D eigenvalue weighted by Gasteiger charge is -2.07. The van der Waals surface area contributed by atoms with Crippen molar-refractivity contribution in [3.8, 4) is 5.75 Å². The molecule has 0 atom stereocenters. The molecule has 0 amide bonds. The maximum Gasteiger partial charge on any atom is 0.172 e. The number of ether oxygens (including phenoxy) is 1. The largest absolute Gasteiger partial charge is 0.494 e. The second kappa shape index (κ2) is 6.68. The van der Waals surface area contributed by atoms with E-state index in [1.165, 1.54) is 0 Å². The van der Waals surface area contributed by atoms with Gasteiger partial charge in [-0.05, 0) is 18.6 Å². The summed E-state index contributed by atoms with van der Waals surface area (Å²) in [6.07, 6.45) is 2.33. The van der Waals surface area contributed by atoms with E-state index in [9.17, 15) is 4.79 Å². The molecule has 5 heteroatoms. The average molecular weight is 259 g/mol. The van der Waals surface area contributed by atoms with Crippen molar-refractivity contribution < 1.29 is 9.53 Å². The Morgan fingerprint density at radius 1 is 1.32 bits per heavy atom. The Labute approximate surface area is 112 Å². The zero-order chi connectivity index (χ0) is 13.5. The minimum atomic E-state index is 0.437. The molecule has 0 bridgehead atoms. The topological polar surface area (TPSA) is 57.0 Å². The van der Waals surface area contributed by atoms with Crippen LogP contribution in [0.5, 0.6) is 5.75 Å². The molecule has 0 unspecified atom stereocenters. The maximum absolute atomic E-state index is 10.8. The standard InChI is InChI=1S/C14H17N3O2/c1-2-14-13(11-18)15-16-17(14)9-6-10-19-12-7-4-3-5-8-12/h3-5,7-8,11H,2,6,9-10H2,1H3. The number of nitrogens with zero attached hydrogens (tertiary/aromatic N) is 3. The maximum atomic E-state index is 10.8. The third-order valence-corrected chi connectivity index (χ3v) is 2.84. The quantitative estimate of drug-likeness (QED) is 0.564. The van der Waals surface area contributed by atoms with E-state index in [0.29, 0.717) is 18.8 Å². The van der Waals surface area contributed by atoms with Gasteiger partial charge in [-0.15, -0.1) is 5.10 Å². The number of hydrogen-bond acceptors (Lipinski definition) is 4. The van der Waals surface area contributed by atoms with Crippen molar-refractivity contribution in [2.24, 2.45) is 0 Å². The number of carbonyl (C=O) groups excluding carboxylic acids is 1. The van der Waals surface area contributed by atoms with E-state index in [2.05, 4.69) is 10.3 Å². The number of para-hydroxylation sites is 1. The van der Waals surface area contributed by atoms with Gasteiger partial charge in [0.2, 0.25) is 0 Å². The number of rotatable bonds is 7. The van der Waals surface area contributed by atoms with E-state index >= 15 is 0 Å². The molecule has 0 saturated carbocycles. The smallest absolute Gasteiger partial charge is 0.172 e. The molecule has 0 aliphatic carbocycles. The first kappa shape index (κ1) is 13.3. The Balaban J connectivity index is 1.83. The summed E-state index contributed by atoms with van der Waals surface area (Å²) in [5, 5.41) is 7.83. The molecule has 0 N–H and O–H groups in total. The molecular formula is C14H17N3O2. The molecule has 2 aromatic rings. The fraction of sp³-hybridized carbons (Fsp3) is 0.357. The fourth-order valence-electron chi connectivity index (χ4n) is 1.90. The molecule has 100 valence electrons. The van der Waals surface area contributed by atoms with Crippen molar-refractivity contribution in [2.45, 2.75) is 26.3 Å². The van der Waals surface area contributed by atoms with Crippen LogP contribution in [0.2, 0.25) is 0 Å². The van der Waals surface area contributed by atoms with Crippen molar-refractivity contribution in [1.82, 2.24) is 15.0 Å². The summed E-state index contributed by atoms with van der Waals surface area (Å²) < 4.78 is 7.38. The molecule has 1 heterocycles. The highest BCUT2D eigenvalue weighted by Crippen LogP contribution is 2.09. The Morgan fingerprint density at radius 3 is 2.79 bits per heavy atom. The summed E-state index contributed by atoms with van der Waals surface area (Å²) in [5.74, 6) is 0.866. The van der Waals surface area contributed by atoms with E-state index in [1.807, 2.05) is 37.3 Å². The molecule has 0 radical (unpaired) electrons. The van der Waals surface area contributed by atoms with Crippen LogP contribution in [0, 0.1) is 0 Å². The molecule has 1 aromatic carbocycles. The molecule has 5 nitrogen and oxygen atoms in total. The molecule has 0 spiro atoms. The summed E-state index contributed by atoms with van der Waals surface area (Å²) in [6.45, 7) is 3.31. The predicted octanol–water partition coefficient (Wildman–Crippen LogP) is 2.12. The highest BCUT2D eigenvalue weighted by molar-refractivity contribution is 5.73. The van der Waals surface area contributed by atoms with Crippen molar-refractivity contribution in [1.29, 1.82) is 0 Å². The normalized spacial score (nSPS) is 10.4. The molecule has 0 aliphatic heterocycles. The first-order chi connectivity index (χ1) is 9.35. The summed E-state index contributed by atoms with van der Waals surface area (Å²) in [7, 11) is 0. The Bertz CT molecular complexity index is 523. The molecule has 0 fully saturated rings. The van der Waals surface area contributed by atoms with Gasteiger partial charge in [-0.25, -0.2) is 4.68 Å². The van der Waals surface area contributed by atoms with E-state index in [1.54, 1.807) is 4.68 Å². The van der Waals surface area contributed by atoms with Gasteiger partial charge < -0.3 is 4.74 Å². The number of hydrogen-bond donors (Lipinski definition) is 0. The lowest BCUT2D eigenvalue weighted by molar-refractivity contribution is 0.111. The molecular weight excluding hydrogens is 242 g/mol. The van der Waals surface area contributed by atoms with Gasteiger partial charge in [0, 0.05) is 13.0 Å². The van der Waals surface area contributed by atoms with Gasteiger partial charge in [0.25, 0.3) is 0 Å². The van der Waals surface area contributed by atoms with E-state index in [-0.39, 0.29) is 0 Å². The van der Waals surface area contributed by atoms with Crippen molar-refractivity contribution in [3.05, 3.63) is 41.7 Å². The van der Waals surface area contributed by atoms with E-state index in [0.717, 1.165) is 30.6 Å². The summed E-state index contributed by atoms with van der Waals surface area (Å²) in [6, 6.07) is 9.70. The van der Waals surface area contributed by atoms with Gasteiger partial charge >= 0.3 is 0 Å². The predicted molar refractivity (Wildman–Crippen MR) is 71.3 cm³/mol. The van der Waals surface area contributed by atoms with Crippen LogP contribution in [0.1, 0.15) is 29.5 Å². The lowest BCUT2D eigenvalue weighted by atomic mass is 10.2. The van der Waals surface area contributed by atoms with E-state index in [4.69, 9.17) is 4.74 Å². The number of aldehydes is 1. The SMILES string of the molecule is CCc1c(C=O)nnn1CCCOc1ccccc1. The first-order valence-corrected chi connectivity index (χ1v) is 6.40. The molecule has 19 heavy (non-hydrogen) atoms. The van der Waals surface area contributed by atoms with Crippen LogP contribution >= 0.6 is 0 Å². The first-order valence-electron chi connectivity index (χ1n) is 6.40. The third kappa shape index (κ3) is 3.40. The number of aryl methyl sites for hydroxylation is 1. The van der Waals surface area contributed by atoms with Crippen molar-refractivity contribution in [3.63, 3.8) is 0 Å². The second-order valence-electron chi connectivity index (χ2n) is 4.13. The minimum Gasteiger partial charge on any atom is -0.494 e. The minimum absolute atomic E-state index is 0.437. The van der Waals surface area contributed by atoms with Crippen molar-refractivity contribution in [2.75, 3.05) is 6.61 Å². The zero-order valence-corrected chi connectivity index (χ0v) is 11.0. The van der Waals surface area contributed by atoms with Crippen LogP contribution in [0.25, 0.3) is 0 Å². The number of aromatic nitrogens is 3. The Kier molecular flexibility index (Phi) is 4.66. The Morgan fingerprint density at radius 2 is 2.11 bits per heavy atom. The summed E-state index contributed by atoms with van der Waals surface area (Å²) >= 11 is 0. The monoisotopic (exact) mass is 259 g/mol. The van der Waals surface area contributed by atoms with Crippen LogP contribution < -0.4 is 4.74 Å². The van der Waals surface area contributed by atoms with Crippen LogP contribution in [0.15, 0.2) is 30.3 Å². The van der Waals surface area contributed by atoms with Crippen LogP contribution in [0.4, 0.5) is 0 Å². The molecule has 0 aliphatic rings. The van der Waals surface area contributed by atoms with Gasteiger partial charge in [0.05, 0.1) is 12.3 Å². The molecule has 2 rings (SSSR count). The van der Waals surface area contributed by atoms with Gasteiger partial charge in [-0.2, -0.15) is 0 Å². The summed E-state index contributed by atoms with van der Waals surface area (Å²) in [4.78, 5) is 10.8. The lowest BCUT2D eigenvalue weighted by Crippen LogP contribution is -2.09. The van der Waals surface area contributed by atoms with Gasteiger partial charge in [-0.1, -0.05) is 30.3 Å². The second-order valence-corrected chi connectivity index (χ2v) is 4.13. The fourth-order valence-corrected chi connectivity index (χ4v) is 1.90. The summed E-state index contributed by atoms with van der Waals surface area (Å²) in [5.41, 5.74) is 1.32. The van der Waals surface area contributed by atoms with Crippen LogP contribution in [-0.2, 0) is 13.0 Å². The van der Waals surface area contributed by atoms with Gasteiger partial charge in [-0.3, -0.25) is 4.79 Å². The van der Waals surface area contributed by atoms with Crippen LogP contribution in [0.3, 0.4) is 0 Å². The average Bonchev–Trinajstić information content (AvgIpc) is 2.86.